The smallest absolute Gasteiger partial charge is 0.234 e. The van der Waals surface area contributed by atoms with Gasteiger partial charge in [0.15, 0.2) is 0 Å². The number of fused-ring (bicyclic) bond motifs is 1. The van der Waals surface area contributed by atoms with Crippen LogP contribution in [0.1, 0.15) is 38.8 Å². The Kier molecular flexibility index (Phi) is 3.18. The lowest BCUT2D eigenvalue weighted by Crippen LogP contribution is -2.32. The van der Waals surface area contributed by atoms with Crippen molar-refractivity contribution in [3.63, 3.8) is 0 Å². The van der Waals surface area contributed by atoms with Gasteiger partial charge in [0.1, 0.15) is 0 Å². The van der Waals surface area contributed by atoms with Crippen LogP contribution in [0.25, 0.3) is 0 Å². The molecule has 3 nitrogen and oxygen atoms in total. The summed E-state index contributed by atoms with van der Waals surface area (Å²) >= 11 is 0. The second kappa shape index (κ2) is 4.26. The molecule has 1 aromatic carbocycles. The van der Waals surface area contributed by atoms with Gasteiger partial charge in [0, 0.05) is 6.54 Å². The Labute approximate surface area is 110 Å². The molecule has 0 saturated heterocycles. The van der Waals surface area contributed by atoms with Gasteiger partial charge in [0.2, 0.25) is 10.0 Å². The summed E-state index contributed by atoms with van der Waals surface area (Å²) in [6, 6.07) is 6.11. The number of hydrogen-bond acceptors (Lipinski definition) is 2. The van der Waals surface area contributed by atoms with E-state index in [9.17, 15) is 8.42 Å². The largest absolute Gasteiger partial charge is 0.269 e. The van der Waals surface area contributed by atoms with Crippen LogP contribution < -0.4 is 4.31 Å². The second-order valence-corrected chi connectivity index (χ2v) is 7.97. The van der Waals surface area contributed by atoms with Crippen LogP contribution in [0, 0.1) is 0 Å². The molecule has 4 heteroatoms. The fraction of sp³-hybridized carbons (Fsp3) is 0.571. The Morgan fingerprint density at radius 1 is 1.28 bits per heavy atom. The van der Waals surface area contributed by atoms with Gasteiger partial charge in [-0.05, 0) is 29.9 Å². The summed E-state index contributed by atoms with van der Waals surface area (Å²) in [7, 11) is -3.16. The van der Waals surface area contributed by atoms with Crippen molar-refractivity contribution in [2.45, 2.75) is 39.5 Å². The first kappa shape index (κ1) is 13.4. The molecule has 0 spiro atoms. The first-order chi connectivity index (χ1) is 8.27. The zero-order valence-electron chi connectivity index (χ0n) is 11.5. The van der Waals surface area contributed by atoms with Crippen molar-refractivity contribution in [2.75, 3.05) is 16.6 Å². The first-order valence-electron chi connectivity index (χ1n) is 6.40. The van der Waals surface area contributed by atoms with Crippen molar-refractivity contribution in [2.24, 2.45) is 0 Å². The lowest BCUT2D eigenvalue weighted by molar-refractivity contribution is 0.584. The van der Waals surface area contributed by atoms with Crippen LogP contribution in [0.2, 0.25) is 0 Å². The van der Waals surface area contributed by atoms with Crippen molar-refractivity contribution in [1.82, 2.24) is 0 Å². The quantitative estimate of drug-likeness (QED) is 0.826. The van der Waals surface area contributed by atoms with Gasteiger partial charge in [-0.15, -0.1) is 0 Å². The molecule has 0 amide bonds. The topological polar surface area (TPSA) is 37.4 Å². The normalized spacial score (nSPS) is 15.9. The number of sulfonamides is 1. The molecular weight excluding hydrogens is 246 g/mol. The molecule has 2 rings (SSSR count). The zero-order chi connectivity index (χ0) is 13.6. The average molecular weight is 267 g/mol. The second-order valence-electron chi connectivity index (χ2n) is 5.79. The van der Waals surface area contributed by atoms with Gasteiger partial charge in [0.05, 0.1) is 11.4 Å². The monoisotopic (exact) mass is 267 g/mol. The first-order valence-corrected chi connectivity index (χ1v) is 8.01. The van der Waals surface area contributed by atoms with Crippen molar-refractivity contribution in [1.29, 1.82) is 0 Å². The van der Waals surface area contributed by atoms with E-state index in [0.717, 1.165) is 23.2 Å². The highest BCUT2D eigenvalue weighted by atomic mass is 32.2. The van der Waals surface area contributed by atoms with E-state index in [-0.39, 0.29) is 11.2 Å². The molecule has 0 aliphatic carbocycles. The van der Waals surface area contributed by atoms with E-state index < -0.39 is 10.0 Å². The number of rotatable bonds is 2. The molecule has 0 fully saturated rings. The maximum absolute atomic E-state index is 12.2. The summed E-state index contributed by atoms with van der Waals surface area (Å²) in [5, 5.41) is 0. The van der Waals surface area contributed by atoms with E-state index in [1.54, 1.807) is 11.2 Å². The van der Waals surface area contributed by atoms with Crippen LogP contribution in [0.4, 0.5) is 5.69 Å². The van der Waals surface area contributed by atoms with Crippen molar-refractivity contribution in [3.05, 3.63) is 29.3 Å². The number of hydrogen-bond donors (Lipinski definition) is 0. The minimum Gasteiger partial charge on any atom is -0.269 e. The van der Waals surface area contributed by atoms with Gasteiger partial charge < -0.3 is 0 Å². The van der Waals surface area contributed by atoms with Crippen LogP contribution in [0.15, 0.2) is 18.2 Å². The third-order valence-electron chi connectivity index (χ3n) is 3.46. The van der Waals surface area contributed by atoms with Crippen molar-refractivity contribution < 1.29 is 8.42 Å². The molecule has 0 atom stereocenters. The summed E-state index contributed by atoms with van der Waals surface area (Å²) in [6.07, 6.45) is 0.818. The van der Waals surface area contributed by atoms with Crippen LogP contribution >= 0.6 is 0 Å². The van der Waals surface area contributed by atoms with Gasteiger partial charge in [0.25, 0.3) is 0 Å². The van der Waals surface area contributed by atoms with Crippen molar-refractivity contribution in [3.8, 4) is 0 Å². The molecule has 0 bridgehead atoms. The molecule has 1 aliphatic heterocycles. The van der Waals surface area contributed by atoms with Crippen molar-refractivity contribution >= 4 is 15.7 Å². The SMILES string of the molecule is CCS(=O)(=O)N1CCc2cccc(C(C)(C)C)c21. The van der Waals surface area contributed by atoms with Crippen LogP contribution in [-0.4, -0.2) is 20.7 Å². The predicted octanol–water partition coefficient (Wildman–Crippen LogP) is 2.70. The highest BCUT2D eigenvalue weighted by Gasteiger charge is 2.33. The number of anilines is 1. The number of nitrogens with zero attached hydrogens (tertiary/aromatic N) is 1. The fourth-order valence-corrected chi connectivity index (χ4v) is 3.64. The Morgan fingerprint density at radius 2 is 1.94 bits per heavy atom. The van der Waals surface area contributed by atoms with E-state index in [1.807, 2.05) is 18.2 Å². The minimum absolute atomic E-state index is 0.0444. The number of benzene rings is 1. The minimum atomic E-state index is -3.16. The molecule has 100 valence electrons. The molecule has 0 unspecified atom stereocenters. The molecule has 0 aromatic heterocycles. The van der Waals surface area contributed by atoms with E-state index in [2.05, 4.69) is 20.8 Å². The molecular formula is C14H21NO2S. The molecule has 1 heterocycles. The lowest BCUT2D eigenvalue weighted by Gasteiger charge is -2.27. The molecule has 1 aliphatic rings. The highest BCUT2D eigenvalue weighted by Crippen LogP contribution is 2.39. The summed E-state index contributed by atoms with van der Waals surface area (Å²) < 4.78 is 25.9. The summed E-state index contributed by atoms with van der Waals surface area (Å²) in [6.45, 7) is 8.65. The maximum Gasteiger partial charge on any atom is 0.234 e. The fourth-order valence-electron chi connectivity index (χ4n) is 2.46. The Hall–Kier alpha value is -1.03. The molecule has 18 heavy (non-hydrogen) atoms. The third-order valence-corrected chi connectivity index (χ3v) is 5.23. The number of para-hydroxylation sites is 1. The standard InChI is InChI=1S/C14H21NO2S/c1-5-18(16,17)15-10-9-11-7-6-8-12(13(11)15)14(2,3)4/h6-8H,5,9-10H2,1-4H3. The van der Waals surface area contributed by atoms with Gasteiger partial charge in [-0.3, -0.25) is 4.31 Å². The third kappa shape index (κ3) is 2.14. The Morgan fingerprint density at radius 3 is 2.50 bits per heavy atom. The summed E-state index contributed by atoms with van der Waals surface area (Å²) in [4.78, 5) is 0. The van der Waals surface area contributed by atoms with Gasteiger partial charge in [-0.25, -0.2) is 8.42 Å². The van der Waals surface area contributed by atoms with Crippen LogP contribution in [0.5, 0.6) is 0 Å². The summed E-state index contributed by atoms with van der Waals surface area (Å²) in [5.74, 6) is 0.158. The van der Waals surface area contributed by atoms with E-state index in [1.165, 1.54) is 0 Å². The summed E-state index contributed by atoms with van der Waals surface area (Å²) in [5.41, 5.74) is 3.15. The van der Waals surface area contributed by atoms with Crippen LogP contribution in [0.3, 0.4) is 0 Å². The van der Waals surface area contributed by atoms with Gasteiger partial charge >= 0.3 is 0 Å². The van der Waals surface area contributed by atoms with Gasteiger partial charge in [-0.1, -0.05) is 39.0 Å². The maximum atomic E-state index is 12.2. The molecule has 1 aromatic rings. The lowest BCUT2D eigenvalue weighted by atomic mass is 9.85. The zero-order valence-corrected chi connectivity index (χ0v) is 12.3. The average Bonchev–Trinajstić information content (AvgIpc) is 2.71. The molecule has 0 saturated carbocycles. The Balaban J connectivity index is 2.62. The predicted molar refractivity (Wildman–Crippen MR) is 75.7 cm³/mol. The van der Waals surface area contributed by atoms with E-state index in [4.69, 9.17) is 0 Å². The van der Waals surface area contributed by atoms with Gasteiger partial charge in [-0.2, -0.15) is 0 Å². The molecule has 0 N–H and O–H groups in total. The van der Waals surface area contributed by atoms with Crippen LogP contribution in [-0.2, 0) is 21.9 Å². The molecule has 0 radical (unpaired) electrons. The highest BCUT2D eigenvalue weighted by molar-refractivity contribution is 7.92. The van der Waals surface area contributed by atoms with E-state index in [0.29, 0.717) is 6.54 Å². The Bertz CT molecular complexity index is 556. The van der Waals surface area contributed by atoms with E-state index >= 15 is 0 Å².